The number of aryl methyl sites for hydroxylation is 1. The number of nitrogens with zero attached hydrogens (tertiary/aromatic N) is 2. The Morgan fingerprint density at radius 2 is 2.19 bits per heavy atom. The van der Waals surface area contributed by atoms with E-state index in [1.165, 1.54) is 19.0 Å². The second-order valence-corrected chi connectivity index (χ2v) is 5.69. The SMILES string of the molecule is CC(NC(=O)CCn1ncc(=O)c2ccccc21)C1CC1. The molecule has 3 rings (SSSR count). The number of carbonyl (C=O) groups is 1. The van der Waals surface area contributed by atoms with Crippen molar-refractivity contribution in [3.8, 4) is 0 Å². The Morgan fingerprint density at radius 3 is 2.95 bits per heavy atom. The van der Waals surface area contributed by atoms with Gasteiger partial charge in [0.15, 0.2) is 0 Å². The predicted octanol–water partition coefficient (Wildman–Crippen LogP) is 1.70. The van der Waals surface area contributed by atoms with E-state index < -0.39 is 0 Å². The molecule has 1 unspecified atom stereocenters. The minimum atomic E-state index is -0.0892. The van der Waals surface area contributed by atoms with Crippen LogP contribution in [-0.4, -0.2) is 21.7 Å². The molecule has 0 saturated heterocycles. The van der Waals surface area contributed by atoms with Crippen molar-refractivity contribution in [2.24, 2.45) is 5.92 Å². The van der Waals surface area contributed by atoms with Crippen LogP contribution in [0.25, 0.3) is 10.9 Å². The van der Waals surface area contributed by atoms with Gasteiger partial charge in [-0.3, -0.25) is 14.3 Å². The summed E-state index contributed by atoms with van der Waals surface area (Å²) in [7, 11) is 0. The Hall–Kier alpha value is -2.17. The van der Waals surface area contributed by atoms with Gasteiger partial charge in [-0.05, 0) is 37.8 Å². The number of benzene rings is 1. The molecule has 110 valence electrons. The fourth-order valence-corrected chi connectivity index (χ4v) is 2.59. The number of fused-ring (bicyclic) bond motifs is 1. The zero-order valence-corrected chi connectivity index (χ0v) is 12.1. The zero-order valence-electron chi connectivity index (χ0n) is 12.1. The molecule has 0 spiro atoms. The molecule has 0 aliphatic heterocycles. The number of hydrogen-bond donors (Lipinski definition) is 1. The number of aromatic nitrogens is 2. The number of amides is 1. The molecule has 1 N–H and O–H groups in total. The third-order valence-electron chi connectivity index (χ3n) is 4.03. The molecule has 2 aromatic rings. The molecule has 1 heterocycles. The molecule has 0 radical (unpaired) electrons. The van der Waals surface area contributed by atoms with Gasteiger partial charge in [-0.1, -0.05) is 12.1 Å². The Bertz CT molecular complexity index is 719. The highest BCUT2D eigenvalue weighted by Gasteiger charge is 2.28. The van der Waals surface area contributed by atoms with Crippen LogP contribution in [0.15, 0.2) is 35.3 Å². The highest BCUT2D eigenvalue weighted by atomic mass is 16.1. The second kappa shape index (κ2) is 5.68. The van der Waals surface area contributed by atoms with Gasteiger partial charge in [0.1, 0.15) is 0 Å². The predicted molar refractivity (Wildman–Crippen MR) is 80.9 cm³/mol. The van der Waals surface area contributed by atoms with Crippen LogP contribution in [0.1, 0.15) is 26.2 Å². The van der Waals surface area contributed by atoms with Crippen LogP contribution in [0.2, 0.25) is 0 Å². The lowest BCUT2D eigenvalue weighted by molar-refractivity contribution is -0.122. The molecule has 0 bridgehead atoms. The monoisotopic (exact) mass is 285 g/mol. The first-order valence-electron chi connectivity index (χ1n) is 7.39. The Labute approximate surface area is 123 Å². The molecule has 1 aliphatic rings. The molecular weight excluding hydrogens is 266 g/mol. The average Bonchev–Trinajstić information content (AvgIpc) is 3.31. The summed E-state index contributed by atoms with van der Waals surface area (Å²) in [5.74, 6) is 0.694. The lowest BCUT2D eigenvalue weighted by atomic mass is 10.2. The largest absolute Gasteiger partial charge is 0.353 e. The van der Waals surface area contributed by atoms with Crippen molar-refractivity contribution >= 4 is 16.8 Å². The lowest BCUT2D eigenvalue weighted by Gasteiger charge is -2.13. The van der Waals surface area contributed by atoms with E-state index in [-0.39, 0.29) is 17.4 Å². The van der Waals surface area contributed by atoms with Crippen LogP contribution >= 0.6 is 0 Å². The third kappa shape index (κ3) is 3.12. The van der Waals surface area contributed by atoms with E-state index in [1.807, 2.05) is 18.2 Å². The van der Waals surface area contributed by atoms with Crippen molar-refractivity contribution in [3.05, 3.63) is 40.7 Å². The van der Waals surface area contributed by atoms with Gasteiger partial charge in [-0.25, -0.2) is 0 Å². The summed E-state index contributed by atoms with van der Waals surface area (Å²) >= 11 is 0. The van der Waals surface area contributed by atoms with Crippen LogP contribution in [0.3, 0.4) is 0 Å². The van der Waals surface area contributed by atoms with Crippen molar-refractivity contribution in [2.45, 2.75) is 38.8 Å². The van der Waals surface area contributed by atoms with E-state index in [9.17, 15) is 9.59 Å². The van der Waals surface area contributed by atoms with Gasteiger partial charge in [0.2, 0.25) is 11.3 Å². The summed E-state index contributed by atoms with van der Waals surface area (Å²) < 4.78 is 1.72. The summed E-state index contributed by atoms with van der Waals surface area (Å²) in [6, 6.07) is 7.60. The Balaban J connectivity index is 1.69. The number of carbonyl (C=O) groups excluding carboxylic acids is 1. The maximum Gasteiger partial charge on any atom is 0.222 e. The highest BCUT2D eigenvalue weighted by Crippen LogP contribution is 2.32. The van der Waals surface area contributed by atoms with Crippen molar-refractivity contribution in [2.75, 3.05) is 0 Å². The zero-order chi connectivity index (χ0) is 14.8. The van der Waals surface area contributed by atoms with Gasteiger partial charge in [-0.15, -0.1) is 0 Å². The van der Waals surface area contributed by atoms with Crippen molar-refractivity contribution in [1.82, 2.24) is 15.1 Å². The van der Waals surface area contributed by atoms with E-state index in [0.717, 1.165) is 5.52 Å². The molecule has 1 saturated carbocycles. The number of para-hydroxylation sites is 1. The molecule has 1 aromatic heterocycles. The Kier molecular flexibility index (Phi) is 3.73. The maximum atomic E-state index is 11.9. The molecule has 5 heteroatoms. The first-order chi connectivity index (χ1) is 10.1. The summed E-state index contributed by atoms with van der Waals surface area (Å²) in [5, 5.41) is 7.80. The van der Waals surface area contributed by atoms with Crippen molar-refractivity contribution in [3.63, 3.8) is 0 Å². The highest BCUT2D eigenvalue weighted by molar-refractivity contribution is 5.79. The number of hydrogen-bond acceptors (Lipinski definition) is 3. The normalized spacial score (nSPS) is 15.9. The van der Waals surface area contributed by atoms with Crippen molar-refractivity contribution in [1.29, 1.82) is 0 Å². The summed E-state index contributed by atoms with van der Waals surface area (Å²) in [6.07, 6.45) is 4.12. The van der Waals surface area contributed by atoms with E-state index >= 15 is 0 Å². The van der Waals surface area contributed by atoms with Crippen LogP contribution in [0, 0.1) is 5.92 Å². The molecule has 1 aliphatic carbocycles. The summed E-state index contributed by atoms with van der Waals surface area (Å²) in [5.41, 5.74) is 0.682. The number of nitrogens with one attached hydrogen (secondary N) is 1. The minimum Gasteiger partial charge on any atom is -0.353 e. The van der Waals surface area contributed by atoms with E-state index in [4.69, 9.17) is 0 Å². The van der Waals surface area contributed by atoms with Gasteiger partial charge < -0.3 is 5.32 Å². The van der Waals surface area contributed by atoms with Crippen LogP contribution in [0.5, 0.6) is 0 Å². The maximum absolute atomic E-state index is 11.9. The van der Waals surface area contributed by atoms with Crippen LogP contribution < -0.4 is 10.7 Å². The molecule has 1 aromatic carbocycles. The minimum absolute atomic E-state index is 0.0407. The molecule has 1 atom stereocenters. The average molecular weight is 285 g/mol. The molecule has 1 fully saturated rings. The smallest absolute Gasteiger partial charge is 0.222 e. The van der Waals surface area contributed by atoms with Gasteiger partial charge in [0.25, 0.3) is 0 Å². The molecule has 21 heavy (non-hydrogen) atoms. The fourth-order valence-electron chi connectivity index (χ4n) is 2.59. The van der Waals surface area contributed by atoms with E-state index in [0.29, 0.717) is 24.3 Å². The van der Waals surface area contributed by atoms with Crippen molar-refractivity contribution < 1.29 is 4.79 Å². The van der Waals surface area contributed by atoms with Gasteiger partial charge >= 0.3 is 0 Å². The Morgan fingerprint density at radius 1 is 1.43 bits per heavy atom. The molecule has 1 amide bonds. The van der Waals surface area contributed by atoms with Gasteiger partial charge in [0, 0.05) is 17.8 Å². The fraction of sp³-hybridized carbons (Fsp3) is 0.438. The third-order valence-corrected chi connectivity index (χ3v) is 4.03. The van der Waals surface area contributed by atoms with Gasteiger partial charge in [-0.2, -0.15) is 5.10 Å². The molecule has 5 nitrogen and oxygen atoms in total. The topological polar surface area (TPSA) is 64.0 Å². The molecular formula is C16H19N3O2. The first kappa shape index (κ1) is 13.8. The second-order valence-electron chi connectivity index (χ2n) is 5.69. The number of rotatable bonds is 5. The summed E-state index contributed by atoms with van der Waals surface area (Å²) in [6.45, 7) is 2.53. The standard InChI is InChI=1S/C16H19N3O2/c1-11(12-6-7-12)18-16(21)8-9-19-14-5-3-2-4-13(14)15(20)10-17-19/h2-5,10-12H,6-9H2,1H3,(H,18,21). The van der Waals surface area contributed by atoms with E-state index in [2.05, 4.69) is 17.3 Å². The summed E-state index contributed by atoms with van der Waals surface area (Å²) in [4.78, 5) is 23.7. The van der Waals surface area contributed by atoms with Crippen LogP contribution in [-0.2, 0) is 11.3 Å². The lowest BCUT2D eigenvalue weighted by Crippen LogP contribution is -2.34. The van der Waals surface area contributed by atoms with E-state index in [1.54, 1.807) is 10.7 Å². The van der Waals surface area contributed by atoms with Gasteiger partial charge in [0.05, 0.1) is 18.3 Å². The quantitative estimate of drug-likeness (QED) is 0.909. The first-order valence-corrected chi connectivity index (χ1v) is 7.39. The van der Waals surface area contributed by atoms with Crippen LogP contribution in [0.4, 0.5) is 0 Å².